The fraction of sp³-hybridized carbons (Fsp3) is 0.647. The van der Waals surface area contributed by atoms with Gasteiger partial charge in [0.25, 0.3) is 0 Å². The SMILES string of the molecule is CCN(CC(CO)(NC1CC1)c1ccccc1)C1CC1. The van der Waals surface area contributed by atoms with E-state index in [4.69, 9.17) is 0 Å². The van der Waals surface area contributed by atoms with Crippen LogP contribution in [-0.4, -0.2) is 41.8 Å². The van der Waals surface area contributed by atoms with E-state index in [-0.39, 0.29) is 12.1 Å². The molecule has 2 fully saturated rings. The molecule has 3 rings (SSSR count). The second-order valence-corrected chi connectivity index (χ2v) is 6.32. The third-order valence-corrected chi connectivity index (χ3v) is 4.60. The predicted octanol–water partition coefficient (Wildman–Crippen LogP) is 2.11. The topological polar surface area (TPSA) is 35.5 Å². The summed E-state index contributed by atoms with van der Waals surface area (Å²) in [7, 11) is 0. The lowest BCUT2D eigenvalue weighted by Crippen LogP contribution is -2.55. The Balaban J connectivity index is 1.84. The zero-order valence-electron chi connectivity index (χ0n) is 12.4. The molecule has 3 heteroatoms. The number of aliphatic hydroxyl groups excluding tert-OH is 1. The number of benzene rings is 1. The van der Waals surface area contributed by atoms with Gasteiger partial charge in [0, 0.05) is 18.6 Å². The quantitative estimate of drug-likeness (QED) is 0.762. The lowest BCUT2D eigenvalue weighted by molar-refractivity contribution is 0.103. The van der Waals surface area contributed by atoms with E-state index in [1.807, 2.05) is 6.07 Å². The largest absolute Gasteiger partial charge is 0.394 e. The Hall–Kier alpha value is -0.900. The molecule has 0 amide bonds. The van der Waals surface area contributed by atoms with Crippen LogP contribution in [0, 0.1) is 0 Å². The minimum atomic E-state index is -0.305. The van der Waals surface area contributed by atoms with E-state index < -0.39 is 0 Å². The Morgan fingerprint density at radius 2 is 1.90 bits per heavy atom. The molecule has 2 aliphatic carbocycles. The van der Waals surface area contributed by atoms with Crippen molar-refractivity contribution in [3.05, 3.63) is 35.9 Å². The molecule has 1 aromatic carbocycles. The minimum absolute atomic E-state index is 0.163. The molecular formula is C17H26N2O. The zero-order chi connectivity index (χ0) is 14.0. The molecule has 0 aliphatic heterocycles. The van der Waals surface area contributed by atoms with Crippen molar-refractivity contribution in [2.45, 2.75) is 50.2 Å². The highest BCUT2D eigenvalue weighted by atomic mass is 16.3. The first-order chi connectivity index (χ1) is 9.77. The van der Waals surface area contributed by atoms with Crippen LogP contribution < -0.4 is 5.32 Å². The summed E-state index contributed by atoms with van der Waals surface area (Å²) in [5, 5.41) is 13.9. The van der Waals surface area contributed by atoms with Gasteiger partial charge in [0.15, 0.2) is 0 Å². The predicted molar refractivity (Wildman–Crippen MR) is 81.6 cm³/mol. The molecule has 2 aliphatic rings. The van der Waals surface area contributed by atoms with Crippen LogP contribution in [0.25, 0.3) is 0 Å². The lowest BCUT2D eigenvalue weighted by Gasteiger charge is -2.38. The second-order valence-electron chi connectivity index (χ2n) is 6.32. The Morgan fingerprint density at radius 1 is 1.20 bits per heavy atom. The maximum absolute atomic E-state index is 10.2. The van der Waals surface area contributed by atoms with Gasteiger partial charge in [0.1, 0.15) is 0 Å². The molecule has 1 unspecified atom stereocenters. The molecule has 0 aromatic heterocycles. The van der Waals surface area contributed by atoms with E-state index in [1.54, 1.807) is 0 Å². The van der Waals surface area contributed by atoms with Crippen molar-refractivity contribution in [3.8, 4) is 0 Å². The number of nitrogens with one attached hydrogen (secondary N) is 1. The first kappa shape index (κ1) is 14.1. The molecule has 110 valence electrons. The van der Waals surface area contributed by atoms with Crippen molar-refractivity contribution in [2.75, 3.05) is 19.7 Å². The van der Waals surface area contributed by atoms with Crippen LogP contribution in [0.5, 0.6) is 0 Å². The van der Waals surface area contributed by atoms with Crippen LogP contribution in [0.1, 0.15) is 38.2 Å². The molecule has 20 heavy (non-hydrogen) atoms. The standard InChI is InChI=1S/C17H26N2O/c1-2-19(16-10-11-16)12-17(13-20,18-15-8-9-15)14-6-4-3-5-7-14/h3-7,15-16,18,20H,2,8-13H2,1H3. The van der Waals surface area contributed by atoms with Gasteiger partial charge in [-0.1, -0.05) is 37.3 Å². The van der Waals surface area contributed by atoms with Gasteiger partial charge in [-0.05, 0) is 37.8 Å². The Bertz CT molecular complexity index is 428. The Labute approximate surface area is 122 Å². The van der Waals surface area contributed by atoms with Crippen LogP contribution in [0.3, 0.4) is 0 Å². The number of aliphatic hydroxyl groups is 1. The molecule has 2 N–H and O–H groups in total. The summed E-state index contributed by atoms with van der Waals surface area (Å²) < 4.78 is 0. The number of hydrogen-bond donors (Lipinski definition) is 2. The van der Waals surface area contributed by atoms with Gasteiger partial charge in [-0.3, -0.25) is 4.90 Å². The van der Waals surface area contributed by atoms with E-state index >= 15 is 0 Å². The van der Waals surface area contributed by atoms with Crippen LogP contribution >= 0.6 is 0 Å². The van der Waals surface area contributed by atoms with Crippen molar-refractivity contribution in [2.24, 2.45) is 0 Å². The van der Waals surface area contributed by atoms with E-state index in [1.165, 1.54) is 31.2 Å². The highest BCUT2D eigenvalue weighted by molar-refractivity contribution is 5.26. The van der Waals surface area contributed by atoms with Crippen molar-refractivity contribution in [1.82, 2.24) is 10.2 Å². The molecule has 0 spiro atoms. The van der Waals surface area contributed by atoms with Crippen LogP contribution in [0.4, 0.5) is 0 Å². The molecule has 0 bridgehead atoms. The minimum Gasteiger partial charge on any atom is -0.394 e. The first-order valence-corrected chi connectivity index (χ1v) is 7.95. The fourth-order valence-corrected chi connectivity index (χ4v) is 3.07. The summed E-state index contributed by atoms with van der Waals surface area (Å²) in [6.45, 7) is 4.36. The molecule has 0 heterocycles. The van der Waals surface area contributed by atoms with Crippen LogP contribution in [0.15, 0.2) is 30.3 Å². The van der Waals surface area contributed by atoms with Gasteiger partial charge < -0.3 is 10.4 Å². The normalized spacial score (nSPS) is 21.9. The monoisotopic (exact) mass is 274 g/mol. The molecule has 1 atom stereocenters. The van der Waals surface area contributed by atoms with Crippen molar-refractivity contribution < 1.29 is 5.11 Å². The fourth-order valence-electron chi connectivity index (χ4n) is 3.07. The van der Waals surface area contributed by atoms with Crippen molar-refractivity contribution >= 4 is 0 Å². The van der Waals surface area contributed by atoms with Crippen molar-refractivity contribution in [3.63, 3.8) is 0 Å². The maximum atomic E-state index is 10.2. The van der Waals surface area contributed by atoms with E-state index in [0.717, 1.165) is 19.1 Å². The molecule has 2 saturated carbocycles. The summed E-state index contributed by atoms with van der Waals surface area (Å²) in [6, 6.07) is 11.8. The highest BCUT2D eigenvalue weighted by Crippen LogP contribution is 2.33. The number of likely N-dealkylation sites (N-methyl/N-ethyl adjacent to an activating group) is 1. The van der Waals surface area contributed by atoms with Gasteiger partial charge in [-0.15, -0.1) is 0 Å². The Kier molecular flexibility index (Phi) is 4.11. The van der Waals surface area contributed by atoms with Crippen LogP contribution in [-0.2, 0) is 5.54 Å². The maximum Gasteiger partial charge on any atom is 0.0800 e. The van der Waals surface area contributed by atoms with Gasteiger partial charge in [-0.25, -0.2) is 0 Å². The summed E-state index contributed by atoms with van der Waals surface area (Å²) in [5.74, 6) is 0. The van der Waals surface area contributed by atoms with E-state index in [0.29, 0.717) is 6.04 Å². The number of rotatable bonds is 8. The van der Waals surface area contributed by atoms with E-state index in [9.17, 15) is 5.11 Å². The summed E-state index contributed by atoms with van der Waals surface area (Å²) in [6.07, 6.45) is 5.11. The molecule has 3 nitrogen and oxygen atoms in total. The van der Waals surface area contributed by atoms with Crippen molar-refractivity contribution in [1.29, 1.82) is 0 Å². The van der Waals surface area contributed by atoms with Gasteiger partial charge in [0.2, 0.25) is 0 Å². The summed E-state index contributed by atoms with van der Waals surface area (Å²) in [5.41, 5.74) is 0.912. The highest BCUT2D eigenvalue weighted by Gasteiger charge is 2.41. The van der Waals surface area contributed by atoms with Gasteiger partial charge in [-0.2, -0.15) is 0 Å². The summed E-state index contributed by atoms with van der Waals surface area (Å²) >= 11 is 0. The molecule has 0 saturated heterocycles. The van der Waals surface area contributed by atoms with Crippen LogP contribution in [0.2, 0.25) is 0 Å². The Morgan fingerprint density at radius 3 is 2.40 bits per heavy atom. The molecule has 0 radical (unpaired) electrons. The summed E-state index contributed by atoms with van der Waals surface area (Å²) in [4.78, 5) is 2.53. The average molecular weight is 274 g/mol. The third kappa shape index (κ3) is 3.05. The third-order valence-electron chi connectivity index (χ3n) is 4.60. The molecule has 1 aromatic rings. The van der Waals surface area contributed by atoms with Gasteiger partial charge >= 0.3 is 0 Å². The second kappa shape index (κ2) is 5.84. The zero-order valence-corrected chi connectivity index (χ0v) is 12.4. The first-order valence-electron chi connectivity index (χ1n) is 7.95. The lowest BCUT2D eigenvalue weighted by atomic mass is 9.89. The number of nitrogens with zero attached hydrogens (tertiary/aromatic N) is 1. The molecular weight excluding hydrogens is 248 g/mol. The van der Waals surface area contributed by atoms with Gasteiger partial charge in [0.05, 0.1) is 12.1 Å². The smallest absolute Gasteiger partial charge is 0.0800 e. The van der Waals surface area contributed by atoms with E-state index in [2.05, 4.69) is 41.4 Å². The number of hydrogen-bond acceptors (Lipinski definition) is 3. The average Bonchev–Trinajstić information content (AvgIpc) is 3.38.